The largest absolute Gasteiger partial charge is 0.358 e. The van der Waals surface area contributed by atoms with Crippen LogP contribution in [0.25, 0.3) is 32.7 Å². The summed E-state index contributed by atoms with van der Waals surface area (Å²) in [6.07, 6.45) is 8.02. The van der Waals surface area contributed by atoms with Crippen LogP contribution in [0.15, 0.2) is 134 Å². The zero-order valence-corrected chi connectivity index (χ0v) is 64.4. The minimum Gasteiger partial charge on any atom is -0.358 e. The third-order valence-corrected chi connectivity index (χ3v) is 18.7. The second-order valence-electron chi connectivity index (χ2n) is 34.0. The number of rotatable bonds is 0. The number of aryl methyl sites for hydroxylation is 2. The summed E-state index contributed by atoms with van der Waals surface area (Å²) in [5.74, 6) is 0.316. The van der Waals surface area contributed by atoms with Crippen molar-refractivity contribution in [1.29, 1.82) is 0 Å². The fourth-order valence-electron chi connectivity index (χ4n) is 11.7. The molecule has 10 aromatic rings. The number of anilines is 4. The number of aromatic nitrogens is 6. The normalized spacial score (nSPS) is 13.9. The zero-order valence-electron chi connectivity index (χ0n) is 62.9. The Morgan fingerprint density at radius 2 is 0.697 bits per heavy atom. The number of carbonyl (C=O) groups is 3. The minimum absolute atomic E-state index is 0.103. The van der Waals surface area contributed by atoms with Gasteiger partial charge in [0.05, 0.1) is 70.1 Å². The summed E-state index contributed by atoms with van der Waals surface area (Å²) >= 11 is 12.4. The summed E-state index contributed by atoms with van der Waals surface area (Å²) in [6.45, 7) is 54.2. The molecule has 0 fully saturated rings. The molecule has 99 heavy (non-hydrogen) atoms. The van der Waals surface area contributed by atoms with Gasteiger partial charge in [0.25, 0.3) is 0 Å². The summed E-state index contributed by atoms with van der Waals surface area (Å²) in [6, 6.07) is 36.1. The van der Waals surface area contributed by atoms with E-state index >= 15 is 0 Å². The highest BCUT2D eigenvalue weighted by atomic mass is 35.5. The van der Waals surface area contributed by atoms with Crippen LogP contribution in [0.3, 0.4) is 0 Å². The van der Waals surface area contributed by atoms with Crippen molar-refractivity contribution < 1.29 is 14.4 Å². The molecule has 7 aromatic carbocycles. The summed E-state index contributed by atoms with van der Waals surface area (Å²) in [5, 5.41) is 37.7. The van der Waals surface area contributed by atoms with Crippen LogP contribution in [-0.2, 0) is 78.0 Å². The van der Waals surface area contributed by atoms with Crippen LogP contribution in [-0.4, -0.2) is 48.3 Å². The lowest BCUT2D eigenvalue weighted by Gasteiger charge is -2.21. The van der Waals surface area contributed by atoms with E-state index in [1.807, 2.05) is 36.7 Å². The molecule has 0 spiro atoms. The predicted molar refractivity (Wildman–Crippen MR) is 418 cm³/mol. The Balaban J connectivity index is 0.000000147. The van der Waals surface area contributed by atoms with Crippen molar-refractivity contribution in [1.82, 2.24) is 30.6 Å². The van der Waals surface area contributed by atoms with Gasteiger partial charge in [0.2, 0.25) is 17.7 Å². The lowest BCUT2D eigenvalue weighted by molar-refractivity contribution is -0.115. The van der Waals surface area contributed by atoms with Crippen LogP contribution < -0.4 is 21.3 Å². The summed E-state index contributed by atoms with van der Waals surface area (Å²) in [5.41, 5.74) is 25.5. The van der Waals surface area contributed by atoms with Gasteiger partial charge in [0.15, 0.2) is 0 Å². The van der Waals surface area contributed by atoms with Crippen molar-refractivity contribution >= 4 is 96.4 Å². The highest BCUT2D eigenvalue weighted by molar-refractivity contribution is 6.35. The maximum Gasteiger partial charge on any atom is 0.228 e. The molecule has 3 amide bonds. The summed E-state index contributed by atoms with van der Waals surface area (Å²) in [4.78, 5) is 33.6. The van der Waals surface area contributed by atoms with E-state index in [-0.39, 0.29) is 55.6 Å². The first kappa shape index (κ1) is 76.2. The van der Waals surface area contributed by atoms with Gasteiger partial charge >= 0.3 is 0 Å². The molecular formula is C84H106Cl2N10O3. The van der Waals surface area contributed by atoms with Gasteiger partial charge in [-0.3, -0.25) is 29.7 Å². The number of nitrogens with one attached hydrogen (secondary N) is 7. The zero-order chi connectivity index (χ0) is 73.3. The molecule has 3 aromatic heterocycles. The Labute approximate surface area is 598 Å². The first-order chi connectivity index (χ1) is 45.7. The van der Waals surface area contributed by atoms with Crippen LogP contribution in [0.5, 0.6) is 0 Å². The van der Waals surface area contributed by atoms with Gasteiger partial charge in [-0.1, -0.05) is 230 Å². The van der Waals surface area contributed by atoms with Crippen molar-refractivity contribution in [2.45, 2.75) is 223 Å². The molecule has 524 valence electrons. The molecule has 0 aliphatic carbocycles. The third-order valence-electron chi connectivity index (χ3n) is 18.1. The van der Waals surface area contributed by atoms with Crippen LogP contribution in [0.4, 0.5) is 22.7 Å². The van der Waals surface area contributed by atoms with Gasteiger partial charge in [-0.05, 0) is 173 Å². The smallest absolute Gasteiger partial charge is 0.228 e. The number of fused-ring (bicyclic) bond motifs is 7. The van der Waals surface area contributed by atoms with Gasteiger partial charge in [0, 0.05) is 45.3 Å². The number of halogens is 2. The lowest BCUT2D eigenvalue weighted by Crippen LogP contribution is -2.11. The molecule has 4 aliphatic rings. The number of amides is 3. The average molecular weight is 1370 g/mol. The molecule has 4 aliphatic heterocycles. The molecule has 0 radical (unpaired) electrons. The standard InChI is InChI=1S/C13H16ClN.C13H17NO.C12H16N2.2C12H15NO.C11H13ClN2.C11H14N2/c1-8-5-9-6-10(13(2,3)4)7-11(14)12(9)15-8;1-8-5-10(13(2,3)4)6-9-7-11(15)14-12(8)9;1-8-5-10(12(2,3)4)6-9-7-13-14-11(8)9;2*1-12(2,3)9-4-5-10-8(6-9)7-11(14)13-10;1-11(2,3)8-4-7-6-13-14-10(7)9(12)5-8;1-11(2,3)9-4-5-10-8(6-9)7-12-13-10/h6-7,15H,1,5H2,2-4H3;5-6H,7H2,1-4H3,(H,14,15);5-7H,1-4H3,(H,13,14);2*4-6H,7H2,1-3H3,(H,13,14);4-6H,1-3H3,(H,13,14);4-7H,1-3H3,(H,12,13). The molecular weight excluding hydrogens is 1270 g/mol. The van der Waals surface area contributed by atoms with Gasteiger partial charge in [-0.2, -0.15) is 15.3 Å². The molecule has 0 bridgehead atoms. The Bertz CT molecular complexity index is 4380. The van der Waals surface area contributed by atoms with Crippen molar-refractivity contribution in [3.63, 3.8) is 0 Å². The quantitative estimate of drug-likeness (QED) is 0.0787. The van der Waals surface area contributed by atoms with Gasteiger partial charge in [-0.25, -0.2) is 0 Å². The van der Waals surface area contributed by atoms with Crippen molar-refractivity contribution in [3.8, 4) is 0 Å². The van der Waals surface area contributed by atoms with Gasteiger partial charge < -0.3 is 21.3 Å². The Kier molecular flexibility index (Phi) is 22.6. The monoisotopic (exact) mass is 1370 g/mol. The third kappa shape index (κ3) is 19.7. The molecule has 14 rings (SSSR count). The number of hydrogen-bond acceptors (Lipinski definition) is 7. The van der Waals surface area contributed by atoms with Gasteiger partial charge in [-0.15, -0.1) is 0 Å². The summed E-state index contributed by atoms with van der Waals surface area (Å²) < 4.78 is 0. The van der Waals surface area contributed by atoms with Crippen LogP contribution in [0.1, 0.15) is 218 Å². The van der Waals surface area contributed by atoms with E-state index in [0.29, 0.717) is 19.3 Å². The predicted octanol–water partition coefficient (Wildman–Crippen LogP) is 21.4. The SMILES string of the molecule is C=C1Cc2cc(C(C)(C)C)cc(Cl)c2N1.CC(C)(C)c1cc(Cl)c2[nH]ncc2c1.CC(C)(C)c1ccc2[nH]ncc2c1.CC(C)(C)c1ccc2c(c1)CC(=O)N2.CC(C)(C)c1ccc2c(c1)CC(=O)N2.Cc1cc(C(C)(C)C)cc2c1NC(=O)C2.Cc1cc(C(C)(C)C)cc2cn[nH]c12. The van der Waals surface area contributed by atoms with E-state index in [9.17, 15) is 14.4 Å². The van der Waals surface area contributed by atoms with E-state index in [1.54, 1.807) is 6.20 Å². The van der Waals surface area contributed by atoms with E-state index in [0.717, 1.165) is 83.5 Å². The lowest BCUT2D eigenvalue weighted by atomic mass is 9.84. The number of nitrogens with zero attached hydrogens (tertiary/aromatic N) is 3. The maximum absolute atomic E-state index is 11.3. The molecule has 7 heterocycles. The summed E-state index contributed by atoms with van der Waals surface area (Å²) in [7, 11) is 0. The highest BCUT2D eigenvalue weighted by Crippen LogP contribution is 2.40. The molecule has 0 atom stereocenters. The second-order valence-corrected chi connectivity index (χ2v) is 34.8. The maximum atomic E-state index is 11.3. The van der Waals surface area contributed by atoms with Crippen molar-refractivity contribution in [3.05, 3.63) is 216 Å². The number of allylic oxidation sites excluding steroid dienone is 1. The average Bonchev–Trinajstić information content (AvgIpc) is 1.76. The molecule has 15 heteroatoms. The van der Waals surface area contributed by atoms with Crippen LogP contribution >= 0.6 is 23.2 Å². The van der Waals surface area contributed by atoms with E-state index < -0.39 is 0 Å². The first-order valence-electron chi connectivity index (χ1n) is 34.3. The Hall–Kier alpha value is -8.52. The molecule has 13 nitrogen and oxygen atoms in total. The molecule has 0 unspecified atom stereocenters. The molecule has 0 saturated heterocycles. The van der Waals surface area contributed by atoms with Gasteiger partial charge in [0.1, 0.15) is 0 Å². The number of benzene rings is 7. The van der Waals surface area contributed by atoms with Crippen molar-refractivity contribution in [2.24, 2.45) is 0 Å². The van der Waals surface area contributed by atoms with E-state index in [4.69, 9.17) is 23.2 Å². The Morgan fingerprint density at radius 1 is 0.343 bits per heavy atom. The second kappa shape index (κ2) is 29.4. The Morgan fingerprint density at radius 3 is 1.20 bits per heavy atom. The number of hydrogen-bond donors (Lipinski definition) is 7. The fourth-order valence-corrected chi connectivity index (χ4v) is 12.3. The fraction of sp³-hybridized carbons (Fsp3) is 0.405. The molecule has 0 saturated carbocycles. The van der Waals surface area contributed by atoms with Crippen LogP contribution in [0.2, 0.25) is 10.0 Å². The topological polar surface area (TPSA) is 185 Å². The highest BCUT2D eigenvalue weighted by Gasteiger charge is 2.27. The van der Waals surface area contributed by atoms with Crippen molar-refractivity contribution in [2.75, 3.05) is 21.3 Å². The minimum atomic E-state index is 0.103. The van der Waals surface area contributed by atoms with Crippen LogP contribution in [0, 0.1) is 13.8 Å². The molecule has 7 N–H and O–H groups in total. The van der Waals surface area contributed by atoms with E-state index in [2.05, 4.69) is 297 Å². The van der Waals surface area contributed by atoms with E-state index in [1.165, 1.54) is 66.4 Å². The first-order valence-corrected chi connectivity index (χ1v) is 35.1. The number of carbonyl (C=O) groups excluding carboxylic acids is 3. The number of aromatic amines is 3. The number of H-pyrrole nitrogens is 3.